The average molecular weight is 508 g/mol. The number of pyridine rings is 1. The third kappa shape index (κ3) is 5.19. The molecular formula is C27H20Cl2FN3O2. The lowest BCUT2D eigenvalue weighted by Crippen LogP contribution is -2.22. The molecule has 2 amide bonds. The van der Waals surface area contributed by atoms with Crippen molar-refractivity contribution in [2.75, 3.05) is 10.6 Å². The molecule has 0 saturated heterocycles. The second kappa shape index (κ2) is 10.3. The van der Waals surface area contributed by atoms with Crippen LogP contribution >= 0.6 is 23.2 Å². The number of nitrogens with zero attached hydrogens (tertiary/aromatic N) is 1. The molecule has 3 aromatic carbocycles. The molecule has 1 heterocycles. The van der Waals surface area contributed by atoms with Crippen molar-refractivity contribution in [1.29, 1.82) is 0 Å². The van der Waals surface area contributed by atoms with Crippen LogP contribution in [0.1, 0.15) is 32.1 Å². The molecule has 176 valence electrons. The van der Waals surface area contributed by atoms with Gasteiger partial charge in [-0.25, -0.2) is 4.39 Å². The van der Waals surface area contributed by atoms with Gasteiger partial charge in [0.25, 0.3) is 11.8 Å². The third-order valence-corrected chi connectivity index (χ3v) is 6.05. The van der Waals surface area contributed by atoms with E-state index in [0.717, 1.165) is 0 Å². The molecule has 0 aliphatic carbocycles. The Kier molecular flexibility index (Phi) is 7.15. The van der Waals surface area contributed by atoms with Crippen molar-refractivity contribution in [2.24, 2.45) is 0 Å². The number of aryl methyl sites for hydroxylation is 2. The summed E-state index contributed by atoms with van der Waals surface area (Å²) in [5.74, 6) is -1.45. The predicted molar refractivity (Wildman–Crippen MR) is 138 cm³/mol. The number of hydrogen-bond donors (Lipinski definition) is 2. The van der Waals surface area contributed by atoms with Crippen LogP contribution in [0.3, 0.4) is 0 Å². The minimum Gasteiger partial charge on any atom is -0.321 e. The summed E-state index contributed by atoms with van der Waals surface area (Å²) in [6, 6.07) is 19.2. The molecule has 1 aromatic heterocycles. The summed E-state index contributed by atoms with van der Waals surface area (Å²) in [4.78, 5) is 31.5. The quantitative estimate of drug-likeness (QED) is 0.297. The van der Waals surface area contributed by atoms with Crippen LogP contribution in [-0.2, 0) is 0 Å². The number of nitrogens with one attached hydrogen (secondary N) is 2. The van der Waals surface area contributed by atoms with Crippen molar-refractivity contribution >= 4 is 46.4 Å². The monoisotopic (exact) mass is 507 g/mol. The number of carbonyl (C=O) groups excluding carboxylic acids is 2. The van der Waals surface area contributed by atoms with Crippen molar-refractivity contribution in [3.63, 3.8) is 0 Å². The maximum absolute atomic E-state index is 13.7. The lowest BCUT2D eigenvalue weighted by molar-refractivity contribution is 0.102. The van der Waals surface area contributed by atoms with E-state index in [9.17, 15) is 14.0 Å². The van der Waals surface area contributed by atoms with E-state index in [-0.39, 0.29) is 11.1 Å². The number of benzene rings is 3. The molecule has 2 N–H and O–H groups in total. The molecule has 0 unspecified atom stereocenters. The lowest BCUT2D eigenvalue weighted by Gasteiger charge is -2.19. The smallest absolute Gasteiger partial charge is 0.258 e. The van der Waals surface area contributed by atoms with Crippen molar-refractivity contribution in [3.8, 4) is 11.1 Å². The number of halogens is 3. The van der Waals surface area contributed by atoms with Crippen LogP contribution in [0.15, 0.2) is 72.8 Å². The molecule has 0 radical (unpaired) electrons. The van der Waals surface area contributed by atoms with Crippen LogP contribution in [0.5, 0.6) is 0 Å². The highest BCUT2D eigenvalue weighted by Crippen LogP contribution is 2.34. The SMILES string of the molecule is Cc1nc(C)c(C(=O)Nc2ccccc2Cl)c(-c2ccc(F)cc2)c1C(=O)Nc1ccccc1Cl. The zero-order chi connectivity index (χ0) is 25.1. The summed E-state index contributed by atoms with van der Waals surface area (Å²) >= 11 is 12.5. The fraction of sp³-hybridized carbons (Fsp3) is 0.0741. The normalized spacial score (nSPS) is 10.7. The molecule has 0 bridgehead atoms. The molecule has 0 spiro atoms. The summed E-state index contributed by atoms with van der Waals surface area (Å²) < 4.78 is 13.7. The Labute approximate surface area is 211 Å². The van der Waals surface area contributed by atoms with Crippen LogP contribution < -0.4 is 10.6 Å². The maximum atomic E-state index is 13.7. The van der Waals surface area contributed by atoms with Gasteiger partial charge < -0.3 is 10.6 Å². The summed E-state index contributed by atoms with van der Waals surface area (Å²) in [7, 11) is 0. The zero-order valence-electron chi connectivity index (χ0n) is 18.8. The Hall–Kier alpha value is -3.74. The Morgan fingerprint density at radius 3 is 1.57 bits per heavy atom. The molecule has 8 heteroatoms. The first-order valence-corrected chi connectivity index (χ1v) is 11.4. The third-order valence-electron chi connectivity index (χ3n) is 5.39. The van der Waals surface area contributed by atoms with E-state index >= 15 is 0 Å². The largest absolute Gasteiger partial charge is 0.321 e. The van der Waals surface area contributed by atoms with Gasteiger partial charge in [-0.05, 0) is 55.8 Å². The fourth-order valence-corrected chi connectivity index (χ4v) is 4.17. The first-order valence-electron chi connectivity index (χ1n) is 10.6. The molecule has 4 aromatic rings. The van der Waals surface area contributed by atoms with Gasteiger partial charge in [0.2, 0.25) is 0 Å². The summed E-state index contributed by atoms with van der Waals surface area (Å²) in [5, 5.41) is 6.31. The van der Waals surface area contributed by atoms with E-state index in [4.69, 9.17) is 23.2 Å². The first kappa shape index (κ1) is 24.4. The minimum atomic E-state index is -0.505. The summed E-state index contributed by atoms with van der Waals surface area (Å²) in [6.07, 6.45) is 0. The van der Waals surface area contributed by atoms with Crippen LogP contribution in [0.2, 0.25) is 10.0 Å². The number of anilines is 2. The molecule has 0 aliphatic rings. The van der Waals surface area contributed by atoms with Gasteiger partial charge in [-0.1, -0.05) is 59.6 Å². The minimum absolute atomic E-state index is 0.173. The number of amides is 2. The summed E-state index contributed by atoms with van der Waals surface area (Å²) in [5.41, 5.74) is 2.77. The van der Waals surface area contributed by atoms with E-state index in [1.165, 1.54) is 24.3 Å². The topological polar surface area (TPSA) is 71.1 Å². The van der Waals surface area contributed by atoms with Crippen molar-refractivity contribution in [2.45, 2.75) is 13.8 Å². The van der Waals surface area contributed by atoms with E-state index in [2.05, 4.69) is 15.6 Å². The first-order chi connectivity index (χ1) is 16.8. The lowest BCUT2D eigenvalue weighted by atomic mass is 9.91. The number of hydrogen-bond acceptors (Lipinski definition) is 3. The van der Waals surface area contributed by atoms with Crippen LogP contribution in [0.4, 0.5) is 15.8 Å². The number of aromatic nitrogens is 1. The Bertz CT molecular complexity index is 1360. The fourth-order valence-electron chi connectivity index (χ4n) is 3.81. The molecule has 0 fully saturated rings. The van der Waals surface area contributed by atoms with Crippen LogP contribution in [-0.4, -0.2) is 16.8 Å². The molecule has 0 atom stereocenters. The molecule has 0 aliphatic heterocycles. The van der Waals surface area contributed by atoms with E-state index < -0.39 is 17.6 Å². The Morgan fingerprint density at radius 1 is 0.714 bits per heavy atom. The van der Waals surface area contributed by atoms with Gasteiger partial charge in [0.15, 0.2) is 0 Å². The van der Waals surface area contributed by atoms with Crippen molar-refractivity contribution in [3.05, 3.63) is 111 Å². The van der Waals surface area contributed by atoms with Gasteiger partial charge in [0.1, 0.15) is 5.82 Å². The molecular weight excluding hydrogens is 488 g/mol. The van der Waals surface area contributed by atoms with E-state index in [0.29, 0.717) is 43.9 Å². The van der Waals surface area contributed by atoms with E-state index in [1.807, 2.05) is 0 Å². The predicted octanol–water partition coefficient (Wildman–Crippen LogP) is 7.32. The van der Waals surface area contributed by atoms with Gasteiger partial charge >= 0.3 is 0 Å². The van der Waals surface area contributed by atoms with Crippen LogP contribution in [0, 0.1) is 19.7 Å². The molecule has 35 heavy (non-hydrogen) atoms. The summed E-state index contributed by atoms with van der Waals surface area (Å²) in [6.45, 7) is 3.36. The second-order valence-electron chi connectivity index (χ2n) is 7.78. The maximum Gasteiger partial charge on any atom is 0.258 e. The van der Waals surface area contributed by atoms with Crippen molar-refractivity contribution in [1.82, 2.24) is 4.98 Å². The number of carbonyl (C=O) groups is 2. The van der Waals surface area contributed by atoms with E-state index in [1.54, 1.807) is 62.4 Å². The van der Waals surface area contributed by atoms with Gasteiger partial charge in [-0.15, -0.1) is 0 Å². The highest BCUT2D eigenvalue weighted by Gasteiger charge is 2.27. The van der Waals surface area contributed by atoms with Gasteiger partial charge in [0, 0.05) is 5.56 Å². The van der Waals surface area contributed by atoms with Gasteiger partial charge in [0.05, 0.1) is 43.9 Å². The zero-order valence-corrected chi connectivity index (χ0v) is 20.3. The number of rotatable bonds is 5. The van der Waals surface area contributed by atoms with Crippen molar-refractivity contribution < 1.29 is 14.0 Å². The highest BCUT2D eigenvalue weighted by atomic mass is 35.5. The molecule has 0 saturated carbocycles. The van der Waals surface area contributed by atoms with Gasteiger partial charge in [-0.3, -0.25) is 14.6 Å². The molecule has 4 rings (SSSR count). The Morgan fingerprint density at radius 2 is 1.14 bits per heavy atom. The van der Waals surface area contributed by atoms with Gasteiger partial charge in [-0.2, -0.15) is 0 Å². The highest BCUT2D eigenvalue weighted by molar-refractivity contribution is 6.34. The number of para-hydroxylation sites is 2. The molecule has 5 nitrogen and oxygen atoms in total. The second-order valence-corrected chi connectivity index (χ2v) is 8.60. The standard InChI is InChI=1S/C27H20Cl2FN3O2/c1-15-23(26(34)32-21-9-5-3-7-19(21)28)25(17-11-13-18(30)14-12-17)24(16(2)31-15)27(35)33-22-10-6-4-8-20(22)29/h3-14H,1-2H3,(H,32,34)(H,33,35). The average Bonchev–Trinajstić information content (AvgIpc) is 2.82. The van der Waals surface area contributed by atoms with Crippen LogP contribution in [0.25, 0.3) is 11.1 Å². The Balaban J connectivity index is 1.89.